The Morgan fingerprint density at radius 3 is 2.33 bits per heavy atom. The molecule has 0 heterocycles. The third-order valence-corrected chi connectivity index (χ3v) is 4.44. The zero-order valence-corrected chi connectivity index (χ0v) is 12.7. The maximum atomic E-state index is 13.8. The van der Waals surface area contributed by atoms with Crippen LogP contribution in [0.3, 0.4) is 0 Å². The van der Waals surface area contributed by atoms with Crippen LogP contribution >= 0.6 is 0 Å². The van der Waals surface area contributed by atoms with Crippen molar-refractivity contribution in [2.45, 2.75) is 39.7 Å². The van der Waals surface area contributed by atoms with Crippen LogP contribution in [0.2, 0.25) is 0 Å². The van der Waals surface area contributed by atoms with E-state index < -0.39 is 17.5 Å². The predicted molar refractivity (Wildman–Crippen MR) is 79.3 cm³/mol. The van der Waals surface area contributed by atoms with Crippen molar-refractivity contribution in [3.8, 4) is 0 Å². The van der Waals surface area contributed by atoms with Gasteiger partial charge < -0.3 is 10.6 Å². The molecular weight excluding hydrogens is 274 g/mol. The van der Waals surface area contributed by atoms with Gasteiger partial charge in [-0.2, -0.15) is 0 Å². The Morgan fingerprint density at radius 2 is 1.86 bits per heavy atom. The van der Waals surface area contributed by atoms with Crippen molar-refractivity contribution in [1.82, 2.24) is 5.32 Å². The van der Waals surface area contributed by atoms with Crippen LogP contribution in [0.1, 0.15) is 44.0 Å². The van der Waals surface area contributed by atoms with E-state index >= 15 is 0 Å². The van der Waals surface area contributed by atoms with Crippen molar-refractivity contribution in [2.75, 3.05) is 11.9 Å². The molecule has 2 rings (SSSR count). The fourth-order valence-electron chi connectivity index (χ4n) is 2.87. The van der Waals surface area contributed by atoms with Gasteiger partial charge in [-0.3, -0.25) is 4.79 Å². The molecule has 1 aliphatic carbocycles. The van der Waals surface area contributed by atoms with Gasteiger partial charge in [-0.25, -0.2) is 8.78 Å². The fraction of sp³-hybridized carbons (Fsp3) is 0.562. The Labute approximate surface area is 124 Å². The highest BCUT2D eigenvalue weighted by atomic mass is 19.1. The number of rotatable bonds is 4. The van der Waals surface area contributed by atoms with Gasteiger partial charge in [0.1, 0.15) is 17.3 Å². The molecular formula is C16H22F2N2O. The van der Waals surface area contributed by atoms with Crippen LogP contribution in [0.4, 0.5) is 14.5 Å². The van der Waals surface area contributed by atoms with Gasteiger partial charge in [0, 0.05) is 18.2 Å². The number of amides is 1. The summed E-state index contributed by atoms with van der Waals surface area (Å²) in [6.45, 7) is 6.42. The zero-order valence-electron chi connectivity index (χ0n) is 12.7. The zero-order chi connectivity index (χ0) is 15.6. The lowest BCUT2D eigenvalue weighted by molar-refractivity contribution is 0.0926. The van der Waals surface area contributed by atoms with Crippen molar-refractivity contribution in [3.05, 3.63) is 29.3 Å². The fourth-order valence-corrected chi connectivity index (χ4v) is 2.87. The lowest BCUT2D eigenvalue weighted by Crippen LogP contribution is -2.37. The first-order valence-electron chi connectivity index (χ1n) is 7.47. The van der Waals surface area contributed by atoms with E-state index in [-0.39, 0.29) is 17.3 Å². The first kappa shape index (κ1) is 15.7. The van der Waals surface area contributed by atoms with E-state index in [0.29, 0.717) is 18.4 Å². The molecule has 0 saturated heterocycles. The molecule has 0 bridgehead atoms. The summed E-state index contributed by atoms with van der Waals surface area (Å²) < 4.78 is 27.7. The number of halogens is 2. The molecule has 3 atom stereocenters. The minimum atomic E-state index is -0.741. The predicted octanol–water partition coefficient (Wildman–Crippen LogP) is 3.56. The number of hydrogen-bond donors (Lipinski definition) is 2. The Morgan fingerprint density at radius 1 is 1.24 bits per heavy atom. The Kier molecular flexibility index (Phi) is 4.80. The van der Waals surface area contributed by atoms with Crippen LogP contribution in [0.25, 0.3) is 0 Å². The van der Waals surface area contributed by atoms with Gasteiger partial charge in [-0.05, 0) is 43.7 Å². The summed E-state index contributed by atoms with van der Waals surface area (Å²) in [6.07, 6.45) is 1.97. The Balaban J connectivity index is 2.13. The van der Waals surface area contributed by atoms with Crippen LogP contribution in [-0.2, 0) is 0 Å². The van der Waals surface area contributed by atoms with Crippen molar-refractivity contribution in [1.29, 1.82) is 0 Å². The monoisotopic (exact) mass is 296 g/mol. The van der Waals surface area contributed by atoms with Gasteiger partial charge in [0.2, 0.25) is 0 Å². The molecule has 0 spiro atoms. The maximum Gasteiger partial charge on any atom is 0.251 e. The number of benzene rings is 1. The minimum Gasteiger partial charge on any atom is -0.381 e. The minimum absolute atomic E-state index is 0.0263. The van der Waals surface area contributed by atoms with Crippen molar-refractivity contribution in [3.63, 3.8) is 0 Å². The molecule has 0 radical (unpaired) electrons. The summed E-state index contributed by atoms with van der Waals surface area (Å²) in [7, 11) is 0. The van der Waals surface area contributed by atoms with Crippen LogP contribution < -0.4 is 10.6 Å². The van der Waals surface area contributed by atoms with Crippen LogP contribution in [0.15, 0.2) is 12.1 Å². The summed E-state index contributed by atoms with van der Waals surface area (Å²) in [6, 6.07) is 2.24. The molecule has 0 aromatic heterocycles. The van der Waals surface area contributed by atoms with Crippen molar-refractivity contribution < 1.29 is 13.6 Å². The number of hydrogen-bond acceptors (Lipinski definition) is 2. The lowest BCUT2D eigenvalue weighted by atomic mass is 9.97. The number of carbonyl (C=O) groups is 1. The third kappa shape index (κ3) is 3.34. The normalized spacial score (nSPS) is 24.9. The number of carbonyl (C=O) groups excluding carboxylic acids is 1. The quantitative estimate of drug-likeness (QED) is 0.892. The van der Waals surface area contributed by atoms with Gasteiger partial charge in [-0.1, -0.05) is 13.8 Å². The third-order valence-electron chi connectivity index (χ3n) is 4.44. The van der Waals surface area contributed by atoms with Crippen LogP contribution in [0.5, 0.6) is 0 Å². The first-order chi connectivity index (χ1) is 9.93. The number of nitrogens with one attached hydrogen (secondary N) is 2. The van der Waals surface area contributed by atoms with E-state index in [0.717, 1.165) is 25.0 Å². The summed E-state index contributed by atoms with van der Waals surface area (Å²) in [4.78, 5) is 12.2. The summed E-state index contributed by atoms with van der Waals surface area (Å²) >= 11 is 0. The van der Waals surface area contributed by atoms with E-state index in [9.17, 15) is 13.6 Å². The molecule has 1 aliphatic rings. The highest BCUT2D eigenvalue weighted by molar-refractivity contribution is 5.94. The highest BCUT2D eigenvalue weighted by Gasteiger charge is 2.31. The average Bonchev–Trinajstić information content (AvgIpc) is 2.74. The van der Waals surface area contributed by atoms with Crippen molar-refractivity contribution in [2.24, 2.45) is 11.8 Å². The number of anilines is 1. The highest BCUT2D eigenvalue weighted by Crippen LogP contribution is 2.31. The van der Waals surface area contributed by atoms with Gasteiger partial charge in [0.05, 0.1) is 0 Å². The van der Waals surface area contributed by atoms with Crippen LogP contribution in [0, 0.1) is 23.5 Å². The molecule has 1 amide bonds. The van der Waals surface area contributed by atoms with E-state index in [1.807, 2.05) is 0 Å². The second-order valence-electron chi connectivity index (χ2n) is 5.84. The summed E-state index contributed by atoms with van der Waals surface area (Å²) in [5.41, 5.74) is -0.157. The van der Waals surface area contributed by atoms with E-state index in [4.69, 9.17) is 0 Å². The van der Waals surface area contributed by atoms with Gasteiger partial charge in [0.25, 0.3) is 5.91 Å². The molecule has 1 aromatic rings. The van der Waals surface area contributed by atoms with Crippen molar-refractivity contribution >= 4 is 11.6 Å². The first-order valence-corrected chi connectivity index (χ1v) is 7.47. The molecule has 2 N–H and O–H groups in total. The molecule has 1 saturated carbocycles. The van der Waals surface area contributed by atoms with Gasteiger partial charge in [0.15, 0.2) is 0 Å². The Hall–Kier alpha value is -1.65. The van der Waals surface area contributed by atoms with Gasteiger partial charge in [-0.15, -0.1) is 0 Å². The smallest absolute Gasteiger partial charge is 0.251 e. The molecule has 1 fully saturated rings. The van der Waals surface area contributed by atoms with E-state index in [2.05, 4.69) is 24.5 Å². The second-order valence-corrected chi connectivity index (χ2v) is 5.84. The van der Waals surface area contributed by atoms with Gasteiger partial charge >= 0.3 is 0 Å². The topological polar surface area (TPSA) is 41.1 Å². The second kappa shape index (κ2) is 6.41. The van der Waals surface area contributed by atoms with E-state index in [1.54, 1.807) is 6.92 Å². The summed E-state index contributed by atoms with van der Waals surface area (Å²) in [5.74, 6) is -0.962. The molecule has 3 nitrogen and oxygen atoms in total. The largest absolute Gasteiger partial charge is 0.381 e. The lowest BCUT2D eigenvalue weighted by Gasteiger charge is -2.20. The standard InChI is InChI=1S/C16H22F2N2O/c1-4-19-15-12(17)7-11(8-13(15)18)16(21)20-14-6-5-9(2)10(14)3/h7-10,14,19H,4-6H2,1-3H3,(H,20,21). The Bertz CT molecular complexity index is 510. The molecule has 3 unspecified atom stereocenters. The maximum absolute atomic E-state index is 13.8. The SMILES string of the molecule is CCNc1c(F)cc(C(=O)NC2CCC(C)C2C)cc1F. The average molecular weight is 296 g/mol. The molecule has 116 valence electrons. The molecule has 0 aliphatic heterocycles. The molecule has 1 aromatic carbocycles. The molecule has 5 heteroatoms. The molecule has 21 heavy (non-hydrogen) atoms. The summed E-state index contributed by atoms with van der Waals surface area (Å²) in [5, 5.41) is 5.50. The van der Waals surface area contributed by atoms with E-state index in [1.165, 1.54) is 0 Å². The van der Waals surface area contributed by atoms with Crippen LogP contribution in [-0.4, -0.2) is 18.5 Å².